The zero-order valence-electron chi connectivity index (χ0n) is 11.4. The molecule has 0 spiro atoms. The summed E-state index contributed by atoms with van der Waals surface area (Å²) < 4.78 is 5.15. The number of hydrogen-bond acceptors (Lipinski definition) is 3. The van der Waals surface area contributed by atoms with Gasteiger partial charge >= 0.3 is 0 Å². The van der Waals surface area contributed by atoms with E-state index in [0.29, 0.717) is 12.1 Å². The lowest BCUT2D eigenvalue weighted by molar-refractivity contribution is 0.324. The van der Waals surface area contributed by atoms with Crippen LogP contribution in [0, 0.1) is 0 Å². The summed E-state index contributed by atoms with van der Waals surface area (Å²) in [7, 11) is 1.70. The van der Waals surface area contributed by atoms with Crippen LogP contribution in [0.4, 0.5) is 0 Å². The second kappa shape index (κ2) is 6.76. The van der Waals surface area contributed by atoms with E-state index < -0.39 is 0 Å². The van der Waals surface area contributed by atoms with Crippen molar-refractivity contribution in [3.8, 4) is 5.75 Å². The highest BCUT2D eigenvalue weighted by molar-refractivity contribution is 5.26. The van der Waals surface area contributed by atoms with Crippen molar-refractivity contribution in [1.29, 1.82) is 0 Å². The maximum atomic E-state index is 5.15. The van der Waals surface area contributed by atoms with Gasteiger partial charge in [-0.2, -0.15) is 0 Å². The highest BCUT2D eigenvalue weighted by Gasteiger charge is 2.16. The minimum Gasteiger partial charge on any atom is -0.497 e. The molecule has 1 aromatic carbocycles. The first-order chi connectivity index (χ1) is 8.78. The molecule has 0 bridgehead atoms. The van der Waals surface area contributed by atoms with Crippen LogP contribution in [-0.4, -0.2) is 25.7 Å². The Hall–Kier alpha value is -1.06. The third-order valence-electron chi connectivity index (χ3n) is 3.59. The Morgan fingerprint density at radius 1 is 1.28 bits per heavy atom. The molecule has 2 rings (SSSR count). The van der Waals surface area contributed by atoms with Crippen molar-refractivity contribution in [3.63, 3.8) is 0 Å². The summed E-state index contributed by atoms with van der Waals surface area (Å²) in [6.45, 7) is 4.25. The average Bonchev–Trinajstić information content (AvgIpc) is 2.40. The molecule has 1 aliphatic heterocycles. The first-order valence-electron chi connectivity index (χ1n) is 6.87. The summed E-state index contributed by atoms with van der Waals surface area (Å²) in [6, 6.07) is 9.56. The van der Waals surface area contributed by atoms with Crippen LogP contribution in [0.1, 0.15) is 31.7 Å². The fourth-order valence-electron chi connectivity index (χ4n) is 2.53. The van der Waals surface area contributed by atoms with Crippen LogP contribution in [0.15, 0.2) is 24.3 Å². The van der Waals surface area contributed by atoms with Gasteiger partial charge in [0.25, 0.3) is 0 Å². The molecule has 18 heavy (non-hydrogen) atoms. The maximum absolute atomic E-state index is 5.15. The van der Waals surface area contributed by atoms with Gasteiger partial charge in [-0.05, 0) is 37.5 Å². The van der Waals surface area contributed by atoms with E-state index in [4.69, 9.17) is 4.74 Å². The lowest BCUT2D eigenvalue weighted by Crippen LogP contribution is -2.45. The van der Waals surface area contributed by atoms with Gasteiger partial charge in [-0.3, -0.25) is 0 Å². The molecule has 0 aromatic heterocycles. The summed E-state index contributed by atoms with van der Waals surface area (Å²) in [5.74, 6) is 0.918. The minimum atomic E-state index is 0.631. The van der Waals surface area contributed by atoms with Crippen molar-refractivity contribution < 1.29 is 4.74 Å². The van der Waals surface area contributed by atoms with E-state index in [0.717, 1.165) is 18.8 Å². The van der Waals surface area contributed by atoms with Gasteiger partial charge in [-0.1, -0.05) is 18.6 Å². The summed E-state index contributed by atoms with van der Waals surface area (Å²) in [6.07, 6.45) is 3.96. The Bertz CT molecular complexity index is 350. The van der Waals surface area contributed by atoms with Crippen LogP contribution in [0.2, 0.25) is 0 Å². The zero-order valence-corrected chi connectivity index (χ0v) is 11.4. The highest BCUT2D eigenvalue weighted by Crippen LogP contribution is 2.13. The molecule has 0 radical (unpaired) electrons. The molecule has 0 saturated carbocycles. The van der Waals surface area contributed by atoms with E-state index in [1.54, 1.807) is 7.11 Å². The molecule has 100 valence electrons. The lowest BCUT2D eigenvalue weighted by Gasteiger charge is -2.29. The summed E-state index contributed by atoms with van der Waals surface area (Å²) in [5.41, 5.74) is 1.31. The quantitative estimate of drug-likeness (QED) is 0.839. The summed E-state index contributed by atoms with van der Waals surface area (Å²) >= 11 is 0. The number of hydrogen-bond donors (Lipinski definition) is 2. The average molecular weight is 248 g/mol. The molecule has 2 N–H and O–H groups in total. The predicted octanol–water partition coefficient (Wildman–Crippen LogP) is 2.32. The van der Waals surface area contributed by atoms with Crippen molar-refractivity contribution in [2.24, 2.45) is 0 Å². The van der Waals surface area contributed by atoms with Crippen LogP contribution in [0.5, 0.6) is 5.75 Å². The number of rotatable bonds is 5. The molecular formula is C15H24N2O. The lowest BCUT2D eigenvalue weighted by atomic mass is 9.99. The smallest absolute Gasteiger partial charge is 0.118 e. The van der Waals surface area contributed by atoms with E-state index in [-0.39, 0.29) is 0 Å². The molecule has 3 heteroatoms. The molecule has 1 aliphatic rings. The molecule has 2 atom stereocenters. The van der Waals surface area contributed by atoms with Gasteiger partial charge < -0.3 is 15.4 Å². The van der Waals surface area contributed by atoms with Gasteiger partial charge in [0, 0.05) is 25.2 Å². The van der Waals surface area contributed by atoms with E-state index >= 15 is 0 Å². The number of ether oxygens (including phenoxy) is 1. The normalized spacial score (nSPS) is 23.9. The van der Waals surface area contributed by atoms with Gasteiger partial charge in [0.15, 0.2) is 0 Å². The third kappa shape index (κ3) is 4.00. The van der Waals surface area contributed by atoms with Crippen LogP contribution in [0.25, 0.3) is 0 Å². The molecule has 3 nitrogen and oxygen atoms in total. The second-order valence-corrected chi connectivity index (χ2v) is 5.17. The Morgan fingerprint density at radius 3 is 2.72 bits per heavy atom. The number of methoxy groups -OCH3 is 1. The molecule has 1 heterocycles. The van der Waals surface area contributed by atoms with Crippen molar-refractivity contribution in [3.05, 3.63) is 29.8 Å². The van der Waals surface area contributed by atoms with Gasteiger partial charge in [0.05, 0.1) is 7.11 Å². The monoisotopic (exact) mass is 248 g/mol. The van der Waals surface area contributed by atoms with Crippen LogP contribution >= 0.6 is 0 Å². The first kappa shape index (κ1) is 13.4. The van der Waals surface area contributed by atoms with Gasteiger partial charge in [0.2, 0.25) is 0 Å². The Labute approximate surface area is 110 Å². The standard InChI is InChI=1S/C15H24N2O/c1-12-4-3-5-14(17-12)11-16-10-13-6-8-15(18-2)9-7-13/h6-9,12,14,16-17H,3-5,10-11H2,1-2H3. The number of nitrogens with one attached hydrogen (secondary N) is 2. The Morgan fingerprint density at radius 2 is 2.06 bits per heavy atom. The molecular weight excluding hydrogens is 224 g/mol. The first-order valence-corrected chi connectivity index (χ1v) is 6.87. The van der Waals surface area contributed by atoms with Crippen molar-refractivity contribution in [1.82, 2.24) is 10.6 Å². The molecule has 1 fully saturated rings. The molecule has 1 saturated heterocycles. The minimum absolute atomic E-state index is 0.631. The van der Waals surface area contributed by atoms with Gasteiger partial charge in [-0.15, -0.1) is 0 Å². The predicted molar refractivity (Wildman–Crippen MR) is 74.9 cm³/mol. The number of benzene rings is 1. The zero-order chi connectivity index (χ0) is 12.8. The van der Waals surface area contributed by atoms with Gasteiger partial charge in [-0.25, -0.2) is 0 Å². The molecule has 0 amide bonds. The molecule has 2 unspecified atom stereocenters. The second-order valence-electron chi connectivity index (χ2n) is 5.17. The van der Waals surface area contributed by atoms with Crippen molar-refractivity contribution in [2.75, 3.05) is 13.7 Å². The SMILES string of the molecule is COc1ccc(CNCC2CCCC(C)N2)cc1. The Balaban J connectivity index is 1.70. The van der Waals surface area contributed by atoms with Crippen molar-refractivity contribution >= 4 is 0 Å². The highest BCUT2D eigenvalue weighted by atomic mass is 16.5. The van der Waals surface area contributed by atoms with Crippen LogP contribution in [0.3, 0.4) is 0 Å². The Kier molecular flexibility index (Phi) is 5.02. The fourth-order valence-corrected chi connectivity index (χ4v) is 2.53. The molecule has 1 aromatic rings. The van der Waals surface area contributed by atoms with E-state index in [2.05, 4.69) is 29.7 Å². The largest absolute Gasteiger partial charge is 0.497 e. The summed E-state index contributed by atoms with van der Waals surface area (Å²) in [4.78, 5) is 0. The summed E-state index contributed by atoms with van der Waals surface area (Å²) in [5, 5.41) is 7.16. The third-order valence-corrected chi connectivity index (χ3v) is 3.59. The van der Waals surface area contributed by atoms with E-state index in [1.165, 1.54) is 24.8 Å². The topological polar surface area (TPSA) is 33.3 Å². The maximum Gasteiger partial charge on any atom is 0.118 e. The van der Waals surface area contributed by atoms with Crippen molar-refractivity contribution in [2.45, 2.75) is 44.8 Å². The van der Waals surface area contributed by atoms with E-state index in [9.17, 15) is 0 Å². The molecule has 0 aliphatic carbocycles. The van der Waals surface area contributed by atoms with Crippen LogP contribution < -0.4 is 15.4 Å². The fraction of sp³-hybridized carbons (Fsp3) is 0.600. The number of piperidine rings is 1. The van der Waals surface area contributed by atoms with E-state index in [1.807, 2.05) is 12.1 Å². The van der Waals surface area contributed by atoms with Crippen LogP contribution in [-0.2, 0) is 6.54 Å². The van der Waals surface area contributed by atoms with Gasteiger partial charge in [0.1, 0.15) is 5.75 Å².